The summed E-state index contributed by atoms with van der Waals surface area (Å²) in [5.74, 6) is 1.59. The molecule has 0 aliphatic heterocycles. The average Bonchev–Trinajstić information content (AvgIpc) is 2.17. The number of hydrogen-bond donors (Lipinski definition) is 1. The Labute approximate surface area is 94.3 Å². The molecule has 0 aromatic carbocycles. The van der Waals surface area contributed by atoms with Gasteiger partial charge < -0.3 is 5.73 Å². The minimum Gasteiger partial charge on any atom is -0.387 e. The van der Waals surface area contributed by atoms with Crippen molar-refractivity contribution in [3.63, 3.8) is 0 Å². The molecule has 0 aromatic rings. The van der Waals surface area contributed by atoms with Gasteiger partial charge in [-0.1, -0.05) is 47.0 Å². The number of nitrogens with two attached hydrogens (primary N) is 1. The van der Waals surface area contributed by atoms with E-state index in [9.17, 15) is 0 Å². The summed E-state index contributed by atoms with van der Waals surface area (Å²) < 4.78 is 0. The van der Waals surface area contributed by atoms with E-state index < -0.39 is 0 Å². The Hall–Kier alpha value is -0.530. The summed E-state index contributed by atoms with van der Waals surface area (Å²) in [6.45, 7) is 8.67. The molecule has 88 valence electrons. The second-order valence-corrected chi connectivity index (χ2v) is 5.78. The first-order valence-electron chi connectivity index (χ1n) is 6.29. The molecule has 1 fully saturated rings. The third kappa shape index (κ3) is 3.51. The van der Waals surface area contributed by atoms with Crippen LogP contribution >= 0.6 is 0 Å². The van der Waals surface area contributed by atoms with E-state index in [1.54, 1.807) is 0 Å². The minimum atomic E-state index is 0.0236. The van der Waals surface area contributed by atoms with Crippen LogP contribution in [0.5, 0.6) is 0 Å². The maximum absolute atomic E-state index is 6.05. The Bertz CT molecular complexity index is 225. The van der Waals surface area contributed by atoms with Gasteiger partial charge in [-0.2, -0.15) is 0 Å². The van der Waals surface area contributed by atoms with Crippen molar-refractivity contribution >= 4 is 5.84 Å². The van der Waals surface area contributed by atoms with Crippen LogP contribution in [0, 0.1) is 11.3 Å². The quantitative estimate of drug-likeness (QED) is 0.551. The predicted octanol–water partition coefficient (Wildman–Crippen LogP) is 3.36. The van der Waals surface area contributed by atoms with Gasteiger partial charge in [-0.25, -0.2) is 0 Å². The van der Waals surface area contributed by atoms with Crippen molar-refractivity contribution in [2.24, 2.45) is 22.1 Å². The lowest BCUT2D eigenvalue weighted by Crippen LogP contribution is -2.33. The SMILES string of the molecule is CCC1CCCCC1N=C(N)C(C)(C)C. The van der Waals surface area contributed by atoms with Crippen molar-refractivity contribution in [1.29, 1.82) is 0 Å². The van der Waals surface area contributed by atoms with Crippen LogP contribution < -0.4 is 5.73 Å². The third-order valence-corrected chi connectivity index (χ3v) is 3.47. The van der Waals surface area contributed by atoms with Crippen LogP contribution in [0.3, 0.4) is 0 Å². The first kappa shape index (κ1) is 12.5. The van der Waals surface area contributed by atoms with Crippen LogP contribution in [0.2, 0.25) is 0 Å². The Morgan fingerprint density at radius 1 is 1.27 bits per heavy atom. The summed E-state index contributed by atoms with van der Waals surface area (Å²) in [5, 5.41) is 0. The largest absolute Gasteiger partial charge is 0.387 e. The van der Waals surface area contributed by atoms with E-state index in [0.29, 0.717) is 6.04 Å². The fraction of sp³-hybridized carbons (Fsp3) is 0.923. The lowest BCUT2D eigenvalue weighted by Gasteiger charge is -2.30. The highest BCUT2D eigenvalue weighted by Gasteiger charge is 2.25. The molecule has 2 atom stereocenters. The second kappa shape index (κ2) is 5.00. The standard InChI is InChI=1S/C13H26N2/c1-5-10-8-6-7-9-11(10)15-12(14)13(2,3)4/h10-11H,5-9H2,1-4H3,(H2,14,15). The molecule has 1 aliphatic carbocycles. The van der Waals surface area contributed by atoms with Crippen molar-refractivity contribution in [2.45, 2.75) is 65.8 Å². The minimum absolute atomic E-state index is 0.0236. The van der Waals surface area contributed by atoms with Crippen molar-refractivity contribution in [3.8, 4) is 0 Å². The molecule has 0 heterocycles. The van der Waals surface area contributed by atoms with Crippen molar-refractivity contribution in [1.82, 2.24) is 0 Å². The molecule has 2 unspecified atom stereocenters. The topological polar surface area (TPSA) is 38.4 Å². The molecule has 1 aliphatic rings. The molecule has 2 N–H and O–H groups in total. The highest BCUT2D eigenvalue weighted by molar-refractivity contribution is 5.85. The van der Waals surface area contributed by atoms with Gasteiger partial charge in [0.15, 0.2) is 0 Å². The molecule has 0 aromatic heterocycles. The number of nitrogens with zero attached hydrogens (tertiary/aromatic N) is 1. The summed E-state index contributed by atoms with van der Waals surface area (Å²) >= 11 is 0. The summed E-state index contributed by atoms with van der Waals surface area (Å²) in [5.41, 5.74) is 6.07. The molecule has 0 saturated heterocycles. The maximum Gasteiger partial charge on any atom is 0.0994 e. The van der Waals surface area contributed by atoms with Crippen LogP contribution in [0.25, 0.3) is 0 Å². The summed E-state index contributed by atoms with van der Waals surface area (Å²) in [4.78, 5) is 4.75. The van der Waals surface area contributed by atoms with Crippen molar-refractivity contribution in [3.05, 3.63) is 0 Å². The molecule has 1 saturated carbocycles. The second-order valence-electron chi connectivity index (χ2n) is 5.78. The van der Waals surface area contributed by atoms with E-state index in [-0.39, 0.29) is 5.41 Å². The lowest BCUT2D eigenvalue weighted by atomic mass is 9.83. The van der Waals surface area contributed by atoms with Gasteiger partial charge in [0, 0.05) is 5.41 Å². The van der Waals surface area contributed by atoms with Crippen LogP contribution in [0.1, 0.15) is 59.8 Å². The molecule has 2 nitrogen and oxygen atoms in total. The fourth-order valence-electron chi connectivity index (χ4n) is 2.21. The Morgan fingerprint density at radius 3 is 2.40 bits per heavy atom. The van der Waals surface area contributed by atoms with Gasteiger partial charge in [-0.3, -0.25) is 4.99 Å². The molecular weight excluding hydrogens is 184 g/mol. The molecule has 0 amide bonds. The lowest BCUT2D eigenvalue weighted by molar-refractivity contribution is 0.300. The van der Waals surface area contributed by atoms with Gasteiger partial charge in [0.25, 0.3) is 0 Å². The number of amidine groups is 1. The van der Waals surface area contributed by atoms with E-state index in [1.165, 1.54) is 32.1 Å². The van der Waals surface area contributed by atoms with Crippen LogP contribution in [0.15, 0.2) is 4.99 Å². The molecular formula is C13H26N2. The highest BCUT2D eigenvalue weighted by Crippen LogP contribution is 2.30. The van der Waals surface area contributed by atoms with Gasteiger partial charge in [-0.15, -0.1) is 0 Å². The molecule has 0 bridgehead atoms. The first-order chi connectivity index (χ1) is 6.95. The van der Waals surface area contributed by atoms with E-state index >= 15 is 0 Å². The third-order valence-electron chi connectivity index (χ3n) is 3.47. The Kier molecular flexibility index (Phi) is 4.18. The zero-order valence-electron chi connectivity index (χ0n) is 10.7. The van der Waals surface area contributed by atoms with E-state index in [0.717, 1.165) is 11.8 Å². The Morgan fingerprint density at radius 2 is 1.87 bits per heavy atom. The monoisotopic (exact) mass is 210 g/mol. The van der Waals surface area contributed by atoms with Crippen LogP contribution in [-0.4, -0.2) is 11.9 Å². The zero-order chi connectivity index (χ0) is 11.5. The molecule has 15 heavy (non-hydrogen) atoms. The Balaban J connectivity index is 2.69. The van der Waals surface area contributed by atoms with Gasteiger partial charge in [-0.05, 0) is 18.8 Å². The molecule has 2 heteroatoms. The number of aliphatic imine (C=N–C) groups is 1. The predicted molar refractivity (Wildman–Crippen MR) is 67.1 cm³/mol. The van der Waals surface area contributed by atoms with Gasteiger partial charge >= 0.3 is 0 Å². The van der Waals surface area contributed by atoms with E-state index in [4.69, 9.17) is 10.7 Å². The summed E-state index contributed by atoms with van der Waals surface area (Å²) in [7, 11) is 0. The van der Waals surface area contributed by atoms with Gasteiger partial charge in [0.1, 0.15) is 0 Å². The average molecular weight is 210 g/mol. The fourth-order valence-corrected chi connectivity index (χ4v) is 2.21. The van der Waals surface area contributed by atoms with E-state index in [1.807, 2.05) is 0 Å². The summed E-state index contributed by atoms with van der Waals surface area (Å²) in [6.07, 6.45) is 6.50. The van der Waals surface area contributed by atoms with Crippen LogP contribution in [-0.2, 0) is 0 Å². The van der Waals surface area contributed by atoms with E-state index in [2.05, 4.69) is 27.7 Å². The normalized spacial score (nSPS) is 29.2. The smallest absolute Gasteiger partial charge is 0.0994 e. The molecule has 1 rings (SSSR count). The number of hydrogen-bond acceptors (Lipinski definition) is 1. The highest BCUT2D eigenvalue weighted by atomic mass is 14.9. The van der Waals surface area contributed by atoms with Crippen molar-refractivity contribution in [2.75, 3.05) is 0 Å². The van der Waals surface area contributed by atoms with Crippen LogP contribution in [0.4, 0.5) is 0 Å². The molecule has 0 spiro atoms. The van der Waals surface area contributed by atoms with Gasteiger partial charge in [0.05, 0.1) is 11.9 Å². The summed E-state index contributed by atoms with van der Waals surface area (Å²) in [6, 6.07) is 0.489. The van der Waals surface area contributed by atoms with Crippen molar-refractivity contribution < 1.29 is 0 Å². The van der Waals surface area contributed by atoms with Gasteiger partial charge in [0.2, 0.25) is 0 Å². The zero-order valence-corrected chi connectivity index (χ0v) is 10.7. The number of rotatable bonds is 2. The molecule has 0 radical (unpaired) electrons. The first-order valence-corrected chi connectivity index (χ1v) is 6.29. The maximum atomic E-state index is 6.05.